The van der Waals surface area contributed by atoms with Crippen molar-refractivity contribution in [1.29, 1.82) is 0 Å². The van der Waals surface area contributed by atoms with Crippen LogP contribution in [-0.2, 0) is 4.79 Å². The molecule has 0 saturated heterocycles. The summed E-state index contributed by atoms with van der Waals surface area (Å²) in [4.78, 5) is 10.3. The van der Waals surface area contributed by atoms with Gasteiger partial charge in [0.05, 0.1) is 0 Å². The molecule has 1 unspecified atom stereocenters. The third-order valence-electron chi connectivity index (χ3n) is 1.45. The standard InChI is InChI=1S/C8H11F3O2/c1-8(2,3)5(9)4(6(10)11)7(12)13/h5H,1-3H3,(H,12,13). The summed E-state index contributed by atoms with van der Waals surface area (Å²) in [5.74, 6) is -1.91. The Morgan fingerprint density at radius 2 is 1.69 bits per heavy atom. The molecule has 0 aliphatic heterocycles. The van der Waals surface area contributed by atoms with Gasteiger partial charge < -0.3 is 5.11 Å². The van der Waals surface area contributed by atoms with Crippen molar-refractivity contribution in [2.45, 2.75) is 26.9 Å². The number of carboxylic acids is 1. The molecule has 0 saturated carbocycles. The molecular weight excluding hydrogens is 185 g/mol. The van der Waals surface area contributed by atoms with E-state index in [1.807, 2.05) is 0 Å². The van der Waals surface area contributed by atoms with Crippen LogP contribution in [0.3, 0.4) is 0 Å². The molecule has 0 spiro atoms. The average Bonchev–Trinajstić information content (AvgIpc) is 1.82. The molecule has 0 radical (unpaired) electrons. The lowest BCUT2D eigenvalue weighted by Crippen LogP contribution is -2.28. The lowest BCUT2D eigenvalue weighted by Gasteiger charge is -2.23. The molecule has 0 bridgehead atoms. The highest BCUT2D eigenvalue weighted by Gasteiger charge is 2.35. The van der Waals surface area contributed by atoms with Crippen LogP contribution in [0.2, 0.25) is 0 Å². The maximum absolute atomic E-state index is 13.2. The van der Waals surface area contributed by atoms with Crippen molar-refractivity contribution < 1.29 is 23.1 Å². The Labute approximate surface area is 74.1 Å². The molecule has 0 aromatic carbocycles. The number of halogens is 3. The van der Waals surface area contributed by atoms with Crippen LogP contribution in [0.1, 0.15) is 20.8 Å². The largest absolute Gasteiger partial charge is 0.478 e. The summed E-state index contributed by atoms with van der Waals surface area (Å²) in [5.41, 5.74) is -2.59. The minimum absolute atomic E-state index is 1.14. The lowest BCUT2D eigenvalue weighted by molar-refractivity contribution is -0.134. The fourth-order valence-corrected chi connectivity index (χ4v) is 0.718. The van der Waals surface area contributed by atoms with Crippen LogP contribution >= 0.6 is 0 Å². The topological polar surface area (TPSA) is 37.3 Å². The van der Waals surface area contributed by atoms with Crippen molar-refractivity contribution in [3.05, 3.63) is 11.7 Å². The Morgan fingerprint density at radius 1 is 1.31 bits per heavy atom. The van der Waals surface area contributed by atoms with Crippen molar-refractivity contribution in [2.24, 2.45) is 5.41 Å². The summed E-state index contributed by atoms with van der Waals surface area (Å²) in [6.45, 7) is 4.05. The smallest absolute Gasteiger partial charge is 0.340 e. The third-order valence-corrected chi connectivity index (χ3v) is 1.45. The van der Waals surface area contributed by atoms with Gasteiger partial charge in [-0.05, 0) is 5.41 Å². The number of hydrogen-bond donors (Lipinski definition) is 1. The maximum Gasteiger partial charge on any atom is 0.340 e. The van der Waals surface area contributed by atoms with E-state index in [-0.39, 0.29) is 0 Å². The highest BCUT2D eigenvalue weighted by Crippen LogP contribution is 2.30. The molecule has 2 nitrogen and oxygen atoms in total. The van der Waals surface area contributed by atoms with Crippen LogP contribution in [0, 0.1) is 5.41 Å². The van der Waals surface area contributed by atoms with Crippen molar-refractivity contribution >= 4 is 5.97 Å². The van der Waals surface area contributed by atoms with Gasteiger partial charge in [-0.2, -0.15) is 8.78 Å². The van der Waals surface area contributed by atoms with Gasteiger partial charge in [0.2, 0.25) is 0 Å². The number of carboxylic acid groups (broad SMARTS) is 1. The van der Waals surface area contributed by atoms with Gasteiger partial charge in [0.15, 0.2) is 0 Å². The number of aliphatic carboxylic acids is 1. The van der Waals surface area contributed by atoms with E-state index in [1.165, 1.54) is 20.8 Å². The van der Waals surface area contributed by atoms with Crippen LogP contribution in [0.5, 0.6) is 0 Å². The second kappa shape index (κ2) is 3.81. The zero-order valence-corrected chi connectivity index (χ0v) is 7.57. The van der Waals surface area contributed by atoms with Crippen LogP contribution < -0.4 is 0 Å². The minimum atomic E-state index is -2.48. The molecule has 0 aromatic rings. The summed E-state index contributed by atoms with van der Waals surface area (Å²) in [7, 11) is 0. The zero-order chi connectivity index (χ0) is 10.8. The molecule has 13 heavy (non-hydrogen) atoms. The van der Waals surface area contributed by atoms with E-state index < -0.39 is 29.2 Å². The van der Waals surface area contributed by atoms with Gasteiger partial charge in [0.1, 0.15) is 11.7 Å². The van der Waals surface area contributed by atoms with E-state index in [1.54, 1.807) is 0 Å². The van der Waals surface area contributed by atoms with E-state index >= 15 is 0 Å². The Hall–Kier alpha value is -1.00. The second-order valence-corrected chi connectivity index (χ2v) is 3.71. The van der Waals surface area contributed by atoms with Gasteiger partial charge in [-0.15, -0.1) is 0 Å². The first kappa shape index (κ1) is 12.0. The van der Waals surface area contributed by atoms with Crippen LogP contribution in [-0.4, -0.2) is 17.2 Å². The Balaban J connectivity index is 5.02. The molecule has 0 aromatic heterocycles. The second-order valence-electron chi connectivity index (χ2n) is 3.71. The molecule has 0 amide bonds. The van der Waals surface area contributed by atoms with Crippen molar-refractivity contribution in [3.63, 3.8) is 0 Å². The number of hydrogen-bond acceptors (Lipinski definition) is 1. The Kier molecular flexibility index (Phi) is 3.51. The van der Waals surface area contributed by atoms with Gasteiger partial charge >= 0.3 is 5.97 Å². The van der Waals surface area contributed by atoms with Gasteiger partial charge in [0.25, 0.3) is 6.08 Å². The van der Waals surface area contributed by atoms with Gasteiger partial charge in [-0.25, -0.2) is 9.18 Å². The molecule has 0 fully saturated rings. The summed E-state index contributed by atoms with van der Waals surface area (Å²) < 4.78 is 37.1. The lowest BCUT2D eigenvalue weighted by atomic mass is 9.86. The highest BCUT2D eigenvalue weighted by atomic mass is 19.3. The summed E-state index contributed by atoms with van der Waals surface area (Å²) in [6.07, 6.45) is -4.65. The van der Waals surface area contributed by atoms with Gasteiger partial charge in [-0.3, -0.25) is 0 Å². The number of alkyl halides is 1. The van der Waals surface area contributed by atoms with E-state index in [2.05, 4.69) is 0 Å². The first-order valence-corrected chi connectivity index (χ1v) is 3.60. The molecule has 0 rings (SSSR count). The van der Waals surface area contributed by atoms with Crippen LogP contribution in [0.15, 0.2) is 11.7 Å². The SMILES string of the molecule is CC(C)(C)C(F)C(C(=O)O)=C(F)F. The fraction of sp³-hybridized carbons (Fsp3) is 0.625. The monoisotopic (exact) mass is 196 g/mol. The van der Waals surface area contributed by atoms with E-state index in [0.717, 1.165) is 0 Å². The highest BCUT2D eigenvalue weighted by molar-refractivity contribution is 5.88. The summed E-state index contributed by atoms with van der Waals surface area (Å²) in [6, 6.07) is 0. The molecule has 0 aliphatic carbocycles. The molecule has 0 aliphatic rings. The molecule has 0 heterocycles. The van der Waals surface area contributed by atoms with E-state index in [4.69, 9.17) is 5.11 Å². The molecule has 1 atom stereocenters. The molecule has 5 heteroatoms. The molecule has 76 valence electrons. The molecular formula is C8H11F3O2. The zero-order valence-electron chi connectivity index (χ0n) is 7.57. The summed E-state index contributed by atoms with van der Waals surface area (Å²) >= 11 is 0. The average molecular weight is 196 g/mol. The Bertz CT molecular complexity index is 236. The first-order chi connectivity index (χ1) is 5.68. The normalized spacial score (nSPS) is 13.7. The number of carbonyl (C=O) groups is 1. The van der Waals surface area contributed by atoms with Gasteiger partial charge in [-0.1, -0.05) is 20.8 Å². The van der Waals surface area contributed by atoms with Crippen LogP contribution in [0.25, 0.3) is 0 Å². The minimum Gasteiger partial charge on any atom is -0.478 e. The van der Waals surface area contributed by atoms with E-state index in [0.29, 0.717) is 0 Å². The van der Waals surface area contributed by atoms with Gasteiger partial charge in [0, 0.05) is 0 Å². The number of rotatable bonds is 2. The fourth-order valence-electron chi connectivity index (χ4n) is 0.718. The van der Waals surface area contributed by atoms with Crippen molar-refractivity contribution in [3.8, 4) is 0 Å². The quantitative estimate of drug-likeness (QED) is 0.689. The summed E-state index contributed by atoms with van der Waals surface area (Å²) in [5, 5.41) is 8.30. The first-order valence-electron chi connectivity index (χ1n) is 3.60. The predicted molar refractivity (Wildman–Crippen MR) is 41.2 cm³/mol. The third kappa shape index (κ3) is 3.08. The van der Waals surface area contributed by atoms with E-state index in [9.17, 15) is 18.0 Å². The van der Waals surface area contributed by atoms with Crippen LogP contribution in [0.4, 0.5) is 13.2 Å². The van der Waals surface area contributed by atoms with Crippen molar-refractivity contribution in [1.82, 2.24) is 0 Å². The maximum atomic E-state index is 13.2. The molecule has 1 N–H and O–H groups in total. The van der Waals surface area contributed by atoms with Crippen molar-refractivity contribution in [2.75, 3.05) is 0 Å². The Morgan fingerprint density at radius 3 is 1.77 bits per heavy atom. The predicted octanol–water partition coefficient (Wildman–Crippen LogP) is 2.61.